The summed E-state index contributed by atoms with van der Waals surface area (Å²) in [5.41, 5.74) is 0.515. The molecule has 0 heterocycles. The molecule has 0 saturated heterocycles. The van der Waals surface area contributed by atoms with Crippen LogP contribution in [0.15, 0.2) is 11.5 Å². The van der Waals surface area contributed by atoms with E-state index in [9.17, 15) is 4.79 Å². The fraction of sp³-hybridized carbons (Fsp3) is 0.786. The largest absolute Gasteiger partial charge is 0.519 e. The van der Waals surface area contributed by atoms with Crippen molar-refractivity contribution < 1.29 is 18.7 Å². The van der Waals surface area contributed by atoms with Gasteiger partial charge in [-0.15, -0.1) is 0 Å². The molecule has 0 aromatic carbocycles. The van der Waals surface area contributed by atoms with Crippen LogP contribution >= 0.6 is 0 Å². The quantitative estimate of drug-likeness (QED) is 0.296. The van der Waals surface area contributed by atoms with Gasteiger partial charge < -0.3 is 13.9 Å². The topological polar surface area (TPSA) is 44.8 Å². The summed E-state index contributed by atoms with van der Waals surface area (Å²) in [6, 6.07) is 0. The highest BCUT2D eigenvalue weighted by molar-refractivity contribution is 6.70. The van der Waals surface area contributed by atoms with Crippen LogP contribution in [0.25, 0.3) is 0 Å². The second kappa shape index (κ2) is 8.25. The predicted molar refractivity (Wildman–Crippen MR) is 79.2 cm³/mol. The summed E-state index contributed by atoms with van der Waals surface area (Å²) in [7, 11) is -1.83. The van der Waals surface area contributed by atoms with E-state index in [1.54, 1.807) is 6.92 Å². The third-order valence-electron chi connectivity index (χ3n) is 2.05. The van der Waals surface area contributed by atoms with Crippen LogP contribution in [0, 0.1) is 5.92 Å². The molecule has 112 valence electrons. The molecule has 0 saturated carbocycles. The van der Waals surface area contributed by atoms with Gasteiger partial charge in [0.2, 0.25) is 8.32 Å². The lowest BCUT2D eigenvalue weighted by Gasteiger charge is -2.24. The second-order valence-corrected chi connectivity index (χ2v) is 10.2. The highest BCUT2D eigenvalue weighted by Crippen LogP contribution is 2.22. The van der Waals surface area contributed by atoms with Crippen LogP contribution in [0.4, 0.5) is 0 Å². The minimum Gasteiger partial charge on any atom is -0.519 e. The summed E-state index contributed by atoms with van der Waals surface area (Å²) in [5, 5.41) is 0. The van der Waals surface area contributed by atoms with Crippen LogP contribution in [-0.4, -0.2) is 27.5 Å². The first kappa shape index (κ1) is 18.0. The van der Waals surface area contributed by atoms with Crippen LogP contribution in [0.1, 0.15) is 34.1 Å². The summed E-state index contributed by atoms with van der Waals surface area (Å²) in [5.74, 6) is 0.354. The number of carbonyl (C=O) groups is 1. The number of ether oxygens (including phenoxy) is 2. The lowest BCUT2D eigenvalue weighted by Crippen LogP contribution is -2.28. The van der Waals surface area contributed by atoms with E-state index in [0.717, 1.165) is 0 Å². The van der Waals surface area contributed by atoms with Crippen LogP contribution in [0.5, 0.6) is 0 Å². The van der Waals surface area contributed by atoms with Gasteiger partial charge in [0, 0.05) is 0 Å². The molecule has 0 bridgehead atoms. The van der Waals surface area contributed by atoms with Crippen molar-refractivity contribution in [3.05, 3.63) is 11.5 Å². The molecule has 0 aromatic heterocycles. The Morgan fingerprint density at radius 1 is 1.05 bits per heavy atom. The van der Waals surface area contributed by atoms with Crippen LogP contribution in [-0.2, 0) is 18.7 Å². The van der Waals surface area contributed by atoms with Crippen molar-refractivity contribution in [2.24, 2.45) is 5.92 Å². The number of hydrogen-bond donors (Lipinski definition) is 0. The smallest absolute Gasteiger partial charge is 0.341 e. The van der Waals surface area contributed by atoms with E-state index >= 15 is 0 Å². The van der Waals surface area contributed by atoms with Crippen molar-refractivity contribution in [2.45, 2.75) is 53.8 Å². The maximum Gasteiger partial charge on any atom is 0.341 e. The lowest BCUT2D eigenvalue weighted by molar-refractivity contribution is -0.139. The summed E-state index contributed by atoms with van der Waals surface area (Å²) in [6.07, 6.45) is 0.596. The first-order valence-electron chi connectivity index (χ1n) is 6.93. The van der Waals surface area contributed by atoms with Crippen molar-refractivity contribution in [1.29, 1.82) is 0 Å². The van der Waals surface area contributed by atoms with E-state index in [2.05, 4.69) is 33.5 Å². The molecule has 0 radical (unpaired) electrons. The van der Waals surface area contributed by atoms with E-state index in [4.69, 9.17) is 13.9 Å². The Bertz CT molecular complexity index is 316. The van der Waals surface area contributed by atoms with Gasteiger partial charge in [-0.1, -0.05) is 13.8 Å². The lowest BCUT2D eigenvalue weighted by atomic mass is 10.0. The molecule has 19 heavy (non-hydrogen) atoms. The molecule has 4 nitrogen and oxygen atoms in total. The van der Waals surface area contributed by atoms with Gasteiger partial charge in [0.05, 0.1) is 13.2 Å². The van der Waals surface area contributed by atoms with E-state index < -0.39 is 8.32 Å². The van der Waals surface area contributed by atoms with Gasteiger partial charge in [-0.3, -0.25) is 0 Å². The zero-order valence-electron chi connectivity index (χ0n) is 13.3. The van der Waals surface area contributed by atoms with Gasteiger partial charge in [-0.05, 0) is 45.8 Å². The molecule has 0 aliphatic rings. The first-order valence-corrected chi connectivity index (χ1v) is 10.3. The number of carbonyl (C=O) groups excluding carboxylic acids is 1. The Morgan fingerprint density at radius 2 is 1.58 bits per heavy atom. The third-order valence-corrected chi connectivity index (χ3v) is 2.85. The molecule has 0 unspecified atom stereocenters. The fourth-order valence-corrected chi connectivity index (χ4v) is 2.20. The predicted octanol–water partition coefficient (Wildman–Crippen LogP) is 3.70. The highest BCUT2D eigenvalue weighted by atomic mass is 28.4. The molecule has 0 rings (SSSR count). The highest BCUT2D eigenvalue weighted by Gasteiger charge is 2.26. The summed E-state index contributed by atoms with van der Waals surface area (Å²) in [4.78, 5) is 12.1. The van der Waals surface area contributed by atoms with E-state index in [0.29, 0.717) is 37.1 Å². The molecule has 0 amide bonds. The third kappa shape index (κ3) is 7.92. The van der Waals surface area contributed by atoms with Crippen LogP contribution < -0.4 is 0 Å². The van der Waals surface area contributed by atoms with E-state index in [1.165, 1.54) is 0 Å². The average molecular weight is 288 g/mol. The monoisotopic (exact) mass is 288 g/mol. The number of esters is 1. The molecule has 0 aliphatic carbocycles. The zero-order valence-corrected chi connectivity index (χ0v) is 14.3. The van der Waals surface area contributed by atoms with Crippen LogP contribution in [0.2, 0.25) is 19.6 Å². The van der Waals surface area contributed by atoms with Gasteiger partial charge >= 0.3 is 5.97 Å². The molecule has 0 aromatic rings. The van der Waals surface area contributed by atoms with Crippen molar-refractivity contribution in [3.8, 4) is 0 Å². The standard InChI is InChI=1S/C14H28O4Si/c1-8-16-13(15)12(10-11(3)4)14(17-9-2)18-19(5,6)7/h11H,8-10H2,1-7H3/b14-12+. The minimum absolute atomic E-state index is 0.333. The Hall–Kier alpha value is -0.973. The molecule has 0 fully saturated rings. The molecule has 0 spiro atoms. The maximum absolute atomic E-state index is 12.1. The van der Waals surface area contributed by atoms with Gasteiger partial charge in [-0.25, -0.2) is 4.79 Å². The summed E-state index contributed by atoms with van der Waals surface area (Å²) in [6.45, 7) is 14.8. The van der Waals surface area contributed by atoms with Crippen molar-refractivity contribution in [3.63, 3.8) is 0 Å². The van der Waals surface area contributed by atoms with Gasteiger partial charge in [-0.2, -0.15) is 0 Å². The summed E-state index contributed by atoms with van der Waals surface area (Å²) >= 11 is 0. The van der Waals surface area contributed by atoms with Gasteiger partial charge in [0.1, 0.15) is 5.57 Å². The Balaban J connectivity index is 5.35. The van der Waals surface area contributed by atoms with Gasteiger partial charge in [0.15, 0.2) is 0 Å². The van der Waals surface area contributed by atoms with Crippen LogP contribution in [0.3, 0.4) is 0 Å². The average Bonchev–Trinajstić information content (AvgIpc) is 2.23. The van der Waals surface area contributed by atoms with Crippen molar-refractivity contribution in [2.75, 3.05) is 13.2 Å². The molecule has 0 atom stereocenters. The Labute approximate surface area is 118 Å². The Kier molecular flexibility index (Phi) is 7.83. The molecular formula is C14H28O4Si. The molecule has 0 aliphatic heterocycles. The van der Waals surface area contributed by atoms with Crippen molar-refractivity contribution >= 4 is 14.3 Å². The van der Waals surface area contributed by atoms with Crippen molar-refractivity contribution in [1.82, 2.24) is 0 Å². The van der Waals surface area contributed by atoms with E-state index in [-0.39, 0.29) is 5.97 Å². The SMILES string of the molecule is CCOC(=O)/C(CC(C)C)=C(\OCC)O[Si](C)(C)C. The molecule has 0 N–H and O–H groups in total. The molecule has 5 heteroatoms. The summed E-state index contributed by atoms with van der Waals surface area (Å²) < 4.78 is 16.5. The van der Waals surface area contributed by atoms with E-state index in [1.807, 2.05) is 6.92 Å². The van der Waals surface area contributed by atoms with Gasteiger partial charge in [0.25, 0.3) is 5.95 Å². The number of rotatable bonds is 8. The number of hydrogen-bond acceptors (Lipinski definition) is 4. The first-order chi connectivity index (χ1) is 8.71. The molecular weight excluding hydrogens is 260 g/mol. The fourth-order valence-electron chi connectivity index (χ4n) is 1.46. The minimum atomic E-state index is -1.83. The maximum atomic E-state index is 12.1. The normalized spacial score (nSPS) is 13.1. The zero-order chi connectivity index (χ0) is 15.1. The Morgan fingerprint density at radius 3 is 1.95 bits per heavy atom. The second-order valence-electron chi connectivity index (χ2n) is 5.73.